The van der Waals surface area contributed by atoms with Crippen molar-refractivity contribution in [2.75, 3.05) is 6.54 Å². The Balaban J connectivity index is 1.82. The number of carbonyl (C=O) groups excluding carboxylic acids is 2. The van der Waals surface area contributed by atoms with E-state index in [1.54, 1.807) is 25.1 Å². The van der Waals surface area contributed by atoms with Crippen LogP contribution in [0, 0.1) is 0 Å². The minimum Gasteiger partial charge on any atom is -0.355 e. The summed E-state index contributed by atoms with van der Waals surface area (Å²) in [4.78, 5) is 24.4. The molecule has 3 aromatic rings. The fourth-order valence-corrected chi connectivity index (χ4v) is 2.63. The van der Waals surface area contributed by atoms with Gasteiger partial charge >= 0.3 is 0 Å². The van der Waals surface area contributed by atoms with Gasteiger partial charge in [-0.05, 0) is 31.5 Å². The number of nitrogens with zero attached hydrogens (tertiary/aromatic N) is 1. The molecule has 2 amide bonds. The van der Waals surface area contributed by atoms with Crippen LogP contribution < -0.4 is 10.6 Å². The zero-order chi connectivity index (χ0) is 18.5. The summed E-state index contributed by atoms with van der Waals surface area (Å²) in [6.45, 7) is 4.23. The molecule has 0 saturated heterocycles. The van der Waals surface area contributed by atoms with Crippen molar-refractivity contribution in [3.8, 4) is 11.3 Å². The summed E-state index contributed by atoms with van der Waals surface area (Å²) < 4.78 is 5.45. The average Bonchev–Trinajstić information content (AvgIpc) is 3.09. The van der Waals surface area contributed by atoms with Gasteiger partial charge in [-0.25, -0.2) is 0 Å². The summed E-state index contributed by atoms with van der Waals surface area (Å²) in [5, 5.41) is 10.3. The van der Waals surface area contributed by atoms with Crippen LogP contribution in [-0.2, 0) is 4.79 Å². The number of benzene rings is 2. The van der Waals surface area contributed by atoms with Crippen molar-refractivity contribution >= 4 is 22.7 Å². The molecule has 1 atom stereocenters. The minimum atomic E-state index is -0.610. The highest BCUT2D eigenvalue weighted by molar-refractivity contribution is 6.02. The Bertz CT molecular complexity index is 918. The van der Waals surface area contributed by atoms with Crippen LogP contribution in [0.5, 0.6) is 0 Å². The maximum atomic E-state index is 12.5. The average molecular weight is 351 g/mol. The Kier molecular flexibility index (Phi) is 5.31. The van der Waals surface area contributed by atoms with Crippen LogP contribution in [0.4, 0.5) is 0 Å². The lowest BCUT2D eigenvalue weighted by molar-refractivity contribution is -0.122. The lowest BCUT2D eigenvalue weighted by Crippen LogP contribution is -2.44. The van der Waals surface area contributed by atoms with Crippen molar-refractivity contribution in [1.29, 1.82) is 0 Å². The first kappa shape index (κ1) is 17.7. The number of nitrogens with one attached hydrogen (secondary N) is 2. The van der Waals surface area contributed by atoms with E-state index in [0.29, 0.717) is 23.4 Å². The number of amides is 2. The number of fused-ring (bicyclic) bond motifs is 1. The lowest BCUT2D eigenvalue weighted by Gasteiger charge is -2.13. The summed E-state index contributed by atoms with van der Waals surface area (Å²) in [5.74, 6) is 0.103. The molecule has 0 saturated carbocycles. The van der Waals surface area contributed by atoms with Crippen molar-refractivity contribution < 1.29 is 14.1 Å². The molecule has 0 spiro atoms. The fraction of sp³-hybridized carbons (Fsp3) is 0.250. The third-order valence-electron chi connectivity index (χ3n) is 4.06. The van der Waals surface area contributed by atoms with Gasteiger partial charge in [0, 0.05) is 17.7 Å². The zero-order valence-electron chi connectivity index (χ0n) is 14.8. The van der Waals surface area contributed by atoms with Crippen LogP contribution >= 0.6 is 0 Å². The second-order valence-electron chi connectivity index (χ2n) is 6.10. The van der Waals surface area contributed by atoms with Gasteiger partial charge in [-0.3, -0.25) is 9.59 Å². The third kappa shape index (κ3) is 3.74. The Morgan fingerprint density at radius 2 is 1.92 bits per heavy atom. The van der Waals surface area contributed by atoms with Gasteiger partial charge in [0.25, 0.3) is 5.91 Å². The molecule has 0 fully saturated rings. The summed E-state index contributed by atoms with van der Waals surface area (Å²) >= 11 is 0. The van der Waals surface area contributed by atoms with E-state index >= 15 is 0 Å². The summed E-state index contributed by atoms with van der Waals surface area (Å²) in [7, 11) is 0. The molecule has 0 aliphatic carbocycles. The van der Waals surface area contributed by atoms with Gasteiger partial charge in [0.15, 0.2) is 5.76 Å². The quantitative estimate of drug-likeness (QED) is 0.714. The van der Waals surface area contributed by atoms with E-state index in [0.717, 1.165) is 17.4 Å². The minimum absolute atomic E-state index is 0.198. The maximum Gasteiger partial charge on any atom is 0.251 e. The first-order valence-corrected chi connectivity index (χ1v) is 8.63. The van der Waals surface area contributed by atoms with Gasteiger partial charge in [0.1, 0.15) is 11.6 Å². The molecular weight excluding hydrogens is 330 g/mol. The molecule has 6 heteroatoms. The van der Waals surface area contributed by atoms with Crippen LogP contribution in [-0.4, -0.2) is 29.6 Å². The summed E-state index contributed by atoms with van der Waals surface area (Å²) in [5.41, 5.74) is 2.02. The Labute approximate surface area is 151 Å². The van der Waals surface area contributed by atoms with E-state index in [1.165, 1.54) is 0 Å². The SMILES string of the molecule is CCCNC(=O)[C@@H](C)NC(=O)c1ccc2noc(-c3ccccc3)c2c1. The van der Waals surface area contributed by atoms with E-state index < -0.39 is 6.04 Å². The number of carbonyl (C=O) groups is 2. The lowest BCUT2D eigenvalue weighted by atomic mass is 10.1. The molecular formula is C20H21N3O3. The second kappa shape index (κ2) is 7.82. The maximum absolute atomic E-state index is 12.5. The van der Waals surface area contributed by atoms with E-state index in [4.69, 9.17) is 4.52 Å². The molecule has 0 aliphatic rings. The molecule has 2 N–H and O–H groups in total. The number of rotatable bonds is 6. The second-order valence-corrected chi connectivity index (χ2v) is 6.10. The van der Waals surface area contributed by atoms with Crippen LogP contribution in [0.3, 0.4) is 0 Å². The van der Waals surface area contributed by atoms with Crippen LogP contribution in [0.2, 0.25) is 0 Å². The van der Waals surface area contributed by atoms with Gasteiger partial charge in [-0.15, -0.1) is 0 Å². The third-order valence-corrected chi connectivity index (χ3v) is 4.06. The monoisotopic (exact) mass is 351 g/mol. The molecule has 6 nitrogen and oxygen atoms in total. The Hall–Kier alpha value is -3.15. The molecule has 1 aromatic heterocycles. The van der Waals surface area contributed by atoms with Gasteiger partial charge in [0.2, 0.25) is 5.91 Å². The summed E-state index contributed by atoms with van der Waals surface area (Å²) in [6.07, 6.45) is 0.846. The molecule has 0 radical (unpaired) electrons. The molecule has 134 valence electrons. The molecule has 1 heterocycles. The van der Waals surface area contributed by atoms with Gasteiger partial charge in [-0.2, -0.15) is 0 Å². The predicted molar refractivity (Wildman–Crippen MR) is 99.7 cm³/mol. The predicted octanol–water partition coefficient (Wildman–Crippen LogP) is 3.14. The Morgan fingerprint density at radius 3 is 2.65 bits per heavy atom. The van der Waals surface area contributed by atoms with Crippen molar-refractivity contribution in [3.05, 3.63) is 54.1 Å². The largest absolute Gasteiger partial charge is 0.355 e. The highest BCUT2D eigenvalue weighted by atomic mass is 16.5. The highest BCUT2D eigenvalue weighted by Gasteiger charge is 2.18. The smallest absolute Gasteiger partial charge is 0.251 e. The molecule has 0 unspecified atom stereocenters. The first-order valence-electron chi connectivity index (χ1n) is 8.63. The molecule has 2 aromatic carbocycles. The fourth-order valence-electron chi connectivity index (χ4n) is 2.63. The van der Waals surface area contributed by atoms with Crippen LogP contribution in [0.15, 0.2) is 53.1 Å². The van der Waals surface area contributed by atoms with E-state index in [2.05, 4.69) is 15.8 Å². The molecule has 26 heavy (non-hydrogen) atoms. The highest BCUT2D eigenvalue weighted by Crippen LogP contribution is 2.29. The number of aromatic nitrogens is 1. The van der Waals surface area contributed by atoms with Crippen molar-refractivity contribution in [1.82, 2.24) is 15.8 Å². The first-order chi connectivity index (χ1) is 12.6. The van der Waals surface area contributed by atoms with E-state index in [9.17, 15) is 9.59 Å². The van der Waals surface area contributed by atoms with Crippen LogP contribution in [0.25, 0.3) is 22.2 Å². The summed E-state index contributed by atoms with van der Waals surface area (Å²) in [6, 6.07) is 14.1. The van der Waals surface area contributed by atoms with Crippen molar-refractivity contribution in [2.24, 2.45) is 0 Å². The van der Waals surface area contributed by atoms with Crippen molar-refractivity contribution in [3.63, 3.8) is 0 Å². The molecule has 0 aliphatic heterocycles. The molecule has 0 bridgehead atoms. The van der Waals surface area contributed by atoms with Gasteiger partial charge in [0.05, 0.1) is 5.39 Å². The molecule has 3 rings (SSSR count). The van der Waals surface area contributed by atoms with Crippen LogP contribution in [0.1, 0.15) is 30.6 Å². The Morgan fingerprint density at radius 1 is 1.15 bits per heavy atom. The standard InChI is InChI=1S/C20H21N3O3/c1-3-11-21-19(24)13(2)22-20(25)15-9-10-17-16(12-15)18(26-23-17)14-7-5-4-6-8-14/h4-10,12-13H,3,11H2,1-2H3,(H,21,24)(H,22,25)/t13-/m1/s1. The normalized spacial score (nSPS) is 11.9. The van der Waals surface area contributed by atoms with Crippen molar-refractivity contribution in [2.45, 2.75) is 26.3 Å². The van der Waals surface area contributed by atoms with Gasteiger partial charge in [-0.1, -0.05) is 42.4 Å². The zero-order valence-corrected chi connectivity index (χ0v) is 14.8. The van der Waals surface area contributed by atoms with E-state index in [-0.39, 0.29) is 11.8 Å². The van der Waals surface area contributed by atoms with E-state index in [1.807, 2.05) is 37.3 Å². The van der Waals surface area contributed by atoms with Gasteiger partial charge < -0.3 is 15.2 Å². The number of hydrogen-bond acceptors (Lipinski definition) is 4. The number of hydrogen-bond donors (Lipinski definition) is 2. The topological polar surface area (TPSA) is 84.2 Å².